The first-order valence-electron chi connectivity index (χ1n) is 4.09. The Labute approximate surface area is 105 Å². The van der Waals surface area contributed by atoms with E-state index in [1.54, 1.807) is 0 Å². The van der Waals surface area contributed by atoms with E-state index in [4.69, 9.17) is 30.2 Å². The van der Waals surface area contributed by atoms with Gasteiger partial charge in [0.05, 0.1) is 6.61 Å². The zero-order chi connectivity index (χ0) is 13.8. The summed E-state index contributed by atoms with van der Waals surface area (Å²) in [6.45, 7) is -0.671. The van der Waals surface area contributed by atoms with Crippen molar-refractivity contribution in [1.29, 1.82) is 0 Å². The van der Waals surface area contributed by atoms with Crippen LogP contribution >= 0.6 is 5.93 Å². The zero-order valence-electron chi connectivity index (χ0n) is 8.42. The number of rotatable bonds is 2. The van der Waals surface area contributed by atoms with E-state index in [0.29, 0.717) is 0 Å². The second kappa shape index (κ2) is 6.44. The fourth-order valence-electron chi connectivity index (χ4n) is 0.823. The Hall–Kier alpha value is -0.497. The Kier molecular flexibility index (Phi) is 6.25. The summed E-state index contributed by atoms with van der Waals surface area (Å²) in [7, 11) is 0. The first-order chi connectivity index (χ1) is 7.57. The monoisotopic (exact) mass is 321 g/mol. The third kappa shape index (κ3) is 6.11. The molecule has 1 rings (SSSR count). The van der Waals surface area contributed by atoms with Crippen molar-refractivity contribution in [2.45, 2.75) is 12.2 Å². The van der Waals surface area contributed by atoms with Crippen LogP contribution in [0.5, 0.6) is 0 Å². The molecule has 0 radical (unpaired) electrons. The van der Waals surface area contributed by atoms with Gasteiger partial charge in [-0.25, -0.2) is 4.79 Å². The Bertz CT molecular complexity index is 352. The molecule has 0 aromatic heterocycles. The number of hydrogen-bond acceptors (Lipinski definition) is 7. The van der Waals surface area contributed by atoms with Crippen LogP contribution < -0.4 is 0 Å². The first kappa shape index (κ1) is 16.5. The molecule has 6 N–H and O–H groups in total. The van der Waals surface area contributed by atoms with Crippen LogP contribution in [0, 0.1) is 0 Å². The minimum absolute atomic E-state index is 0.0625. The van der Waals surface area contributed by atoms with Gasteiger partial charge < -0.3 is 25.2 Å². The summed E-state index contributed by atoms with van der Waals surface area (Å²) in [6.07, 6.45) is -2.78. The SMILES string of the molecule is O=C1O[C@H]([C@@H](O)CO)C(O)=C1O.O=[P](O)(O)[Zn]. The van der Waals surface area contributed by atoms with Crippen molar-refractivity contribution in [2.75, 3.05) is 6.61 Å². The molecule has 2 atom stereocenters. The molecule has 0 aromatic rings. The van der Waals surface area contributed by atoms with E-state index in [9.17, 15) is 9.36 Å². The average Bonchev–Trinajstić information content (AvgIpc) is 2.42. The molecule has 11 heteroatoms. The predicted octanol–water partition coefficient (Wildman–Crippen LogP) is -1.78. The molecule has 0 spiro atoms. The number of ether oxygens (including phenoxy) is 1. The van der Waals surface area contributed by atoms with E-state index < -0.39 is 42.2 Å². The average molecular weight is 323 g/mol. The van der Waals surface area contributed by atoms with Gasteiger partial charge in [-0.3, -0.25) is 0 Å². The van der Waals surface area contributed by atoms with Gasteiger partial charge in [-0.1, -0.05) is 0 Å². The molecule has 0 fully saturated rings. The summed E-state index contributed by atoms with van der Waals surface area (Å²) in [5, 5.41) is 35.0. The Morgan fingerprint density at radius 3 is 2.06 bits per heavy atom. The van der Waals surface area contributed by atoms with E-state index in [1.165, 1.54) is 0 Å². The van der Waals surface area contributed by atoms with Gasteiger partial charge in [0.25, 0.3) is 0 Å². The number of carbonyl (C=O) groups excluding carboxylic acids is 1. The Morgan fingerprint density at radius 2 is 1.82 bits per heavy atom. The number of aliphatic hydroxyl groups excluding tert-OH is 4. The molecule has 0 amide bonds. The van der Waals surface area contributed by atoms with E-state index >= 15 is 0 Å². The van der Waals surface area contributed by atoms with Gasteiger partial charge in [0.1, 0.15) is 6.10 Å². The van der Waals surface area contributed by atoms with Crippen molar-refractivity contribution in [2.24, 2.45) is 0 Å². The van der Waals surface area contributed by atoms with Crippen molar-refractivity contribution in [3.05, 3.63) is 11.5 Å². The van der Waals surface area contributed by atoms with Crippen LogP contribution in [-0.2, 0) is 31.9 Å². The van der Waals surface area contributed by atoms with Gasteiger partial charge in [-0.2, -0.15) is 0 Å². The van der Waals surface area contributed by atoms with Crippen LogP contribution in [-0.4, -0.2) is 55.0 Å². The maximum absolute atomic E-state index is 10.5. The molecule has 17 heavy (non-hydrogen) atoms. The molecule has 1 heterocycles. The molecule has 0 saturated carbocycles. The molecule has 0 aliphatic carbocycles. The maximum atomic E-state index is 10.5. The van der Waals surface area contributed by atoms with E-state index in [-0.39, 0.29) is 17.8 Å². The first-order valence-corrected chi connectivity index (χ1v) is 9.87. The van der Waals surface area contributed by atoms with E-state index in [0.717, 1.165) is 0 Å². The second-order valence-electron chi connectivity index (χ2n) is 2.97. The van der Waals surface area contributed by atoms with E-state index in [1.807, 2.05) is 0 Å². The van der Waals surface area contributed by atoms with Gasteiger partial charge in [0.2, 0.25) is 5.76 Å². The van der Waals surface area contributed by atoms with Gasteiger partial charge in [0, 0.05) is 0 Å². The Balaban J connectivity index is 0.000000437. The molecular formula is C6H10O9PZn. The van der Waals surface area contributed by atoms with Crippen molar-refractivity contribution >= 4 is 11.9 Å². The summed E-state index contributed by atoms with van der Waals surface area (Å²) in [5.74, 6) is -6.29. The molecule has 0 aromatic carbocycles. The second-order valence-corrected chi connectivity index (χ2v) is 9.49. The van der Waals surface area contributed by atoms with Crippen LogP contribution in [0.3, 0.4) is 0 Å². The van der Waals surface area contributed by atoms with Crippen LogP contribution in [0.2, 0.25) is 0 Å². The number of carbonyl (C=O) groups is 1. The summed E-state index contributed by atoms with van der Waals surface area (Å²) in [6, 6.07) is 0. The molecule has 0 saturated heterocycles. The van der Waals surface area contributed by atoms with Gasteiger partial charge in [0.15, 0.2) is 11.9 Å². The summed E-state index contributed by atoms with van der Waals surface area (Å²) >= 11 is 0.0625. The topological polar surface area (TPSA) is 165 Å². The fourth-order valence-corrected chi connectivity index (χ4v) is 0.823. The van der Waals surface area contributed by atoms with Crippen LogP contribution in [0.15, 0.2) is 11.5 Å². The molecule has 0 unspecified atom stereocenters. The molecule has 1 aliphatic heterocycles. The normalized spacial score (nSPS) is 21.8. The standard InChI is InChI=1S/C6H8O6.HO3P.Zn/c7-1-2(8)5-3(9)4(10)6(11)12-5;1-4(2)3;/h2,5,7-10H,1H2;(H-,1,2,3);/q;;-1/p+1/t2-,5+;;/m0../s1. The van der Waals surface area contributed by atoms with Gasteiger partial charge >= 0.3 is 44.1 Å². The summed E-state index contributed by atoms with van der Waals surface area (Å²) in [5.41, 5.74) is 0. The number of cyclic esters (lactones) is 1. The third-order valence-electron chi connectivity index (χ3n) is 1.48. The zero-order valence-corrected chi connectivity index (χ0v) is 12.3. The minimum atomic E-state index is -3.51. The molecular weight excluding hydrogens is 312 g/mol. The van der Waals surface area contributed by atoms with Crippen molar-refractivity contribution < 1.29 is 62.1 Å². The van der Waals surface area contributed by atoms with Crippen LogP contribution in [0.25, 0.3) is 0 Å². The molecule has 0 bridgehead atoms. The molecule has 9 nitrogen and oxygen atoms in total. The van der Waals surface area contributed by atoms with Crippen molar-refractivity contribution in [1.82, 2.24) is 0 Å². The predicted molar refractivity (Wildman–Crippen MR) is 47.3 cm³/mol. The third-order valence-corrected chi connectivity index (χ3v) is 1.48. The van der Waals surface area contributed by atoms with Crippen LogP contribution in [0.4, 0.5) is 0 Å². The summed E-state index contributed by atoms with van der Waals surface area (Å²) in [4.78, 5) is 25.9. The van der Waals surface area contributed by atoms with Gasteiger partial charge in [-0.15, -0.1) is 0 Å². The molecule has 95 valence electrons. The summed E-state index contributed by atoms with van der Waals surface area (Å²) < 4.78 is 13.7. The quantitative estimate of drug-likeness (QED) is 0.196. The van der Waals surface area contributed by atoms with Crippen molar-refractivity contribution in [3.63, 3.8) is 0 Å². The number of aliphatic hydroxyl groups is 4. The number of hydrogen-bond donors (Lipinski definition) is 6. The fraction of sp³-hybridized carbons (Fsp3) is 0.500. The Morgan fingerprint density at radius 1 is 1.41 bits per heavy atom. The van der Waals surface area contributed by atoms with Gasteiger partial charge in [-0.05, 0) is 0 Å². The molecule has 1 aliphatic rings. The number of esters is 1. The van der Waals surface area contributed by atoms with Crippen LogP contribution in [0.1, 0.15) is 0 Å². The van der Waals surface area contributed by atoms with Crippen molar-refractivity contribution in [3.8, 4) is 0 Å². The van der Waals surface area contributed by atoms with E-state index in [2.05, 4.69) is 4.74 Å².